The average Bonchev–Trinajstić information content (AvgIpc) is 3.34. The minimum absolute atomic E-state index is 0.0846. The maximum absolute atomic E-state index is 12.6. The molecule has 3 aromatic rings. The van der Waals surface area contributed by atoms with Crippen molar-refractivity contribution in [3.05, 3.63) is 68.9 Å². The summed E-state index contributed by atoms with van der Waals surface area (Å²) < 4.78 is 1.80. The number of thiazole rings is 1. The molecule has 8 heteroatoms. The zero-order chi connectivity index (χ0) is 19.7. The first-order chi connectivity index (χ1) is 13.5. The smallest absolute Gasteiger partial charge is 0.263 e. The van der Waals surface area contributed by atoms with Gasteiger partial charge in [0.1, 0.15) is 4.88 Å². The number of hydrogen-bond acceptors (Lipinski definition) is 5. The number of carbonyl (C=O) groups excluding carboxylic acids is 2. The van der Waals surface area contributed by atoms with Crippen LogP contribution in [0.25, 0.3) is 0 Å². The highest BCUT2D eigenvalue weighted by molar-refractivity contribution is 7.13. The lowest BCUT2D eigenvalue weighted by Crippen LogP contribution is -2.36. The van der Waals surface area contributed by atoms with E-state index in [9.17, 15) is 9.59 Å². The highest BCUT2D eigenvalue weighted by Gasteiger charge is 2.29. The molecule has 1 aromatic carbocycles. The van der Waals surface area contributed by atoms with Crippen LogP contribution in [0.15, 0.2) is 36.5 Å². The van der Waals surface area contributed by atoms with E-state index >= 15 is 0 Å². The molecule has 7 nitrogen and oxygen atoms in total. The molecule has 2 aromatic heterocycles. The Hall–Kier alpha value is -3.00. The van der Waals surface area contributed by atoms with Crippen LogP contribution in [0.4, 0.5) is 0 Å². The SMILES string of the molecule is Cc1nc(C)c(C(=O)N[C@H]2Cc3c(C(=O)NCc4ccccc4)cnn3C2)s1. The average molecular weight is 395 g/mol. The van der Waals surface area contributed by atoms with E-state index in [-0.39, 0.29) is 17.9 Å². The van der Waals surface area contributed by atoms with Gasteiger partial charge < -0.3 is 10.6 Å². The molecule has 0 saturated carbocycles. The number of hydrogen-bond donors (Lipinski definition) is 2. The summed E-state index contributed by atoms with van der Waals surface area (Å²) in [4.78, 5) is 30.1. The second-order valence-corrected chi connectivity index (χ2v) is 8.08. The summed E-state index contributed by atoms with van der Waals surface area (Å²) in [6.07, 6.45) is 2.18. The summed E-state index contributed by atoms with van der Waals surface area (Å²) in [6, 6.07) is 9.68. The minimum atomic E-state index is -0.147. The molecule has 1 aliphatic heterocycles. The van der Waals surface area contributed by atoms with Crippen LogP contribution < -0.4 is 10.6 Å². The van der Waals surface area contributed by atoms with Crippen molar-refractivity contribution in [1.29, 1.82) is 0 Å². The molecule has 0 fully saturated rings. The van der Waals surface area contributed by atoms with Gasteiger partial charge in [-0.25, -0.2) is 4.98 Å². The fraction of sp³-hybridized carbons (Fsp3) is 0.300. The molecule has 144 valence electrons. The van der Waals surface area contributed by atoms with E-state index in [4.69, 9.17) is 0 Å². The van der Waals surface area contributed by atoms with Crippen LogP contribution in [0.3, 0.4) is 0 Å². The number of aryl methyl sites for hydroxylation is 2. The van der Waals surface area contributed by atoms with Crippen LogP contribution in [0.1, 0.15) is 42.0 Å². The standard InChI is InChI=1S/C20H21N5O2S/c1-12-18(28-13(2)23-12)20(27)24-15-8-17-16(10-22-25(17)11-15)19(26)21-9-14-6-4-3-5-7-14/h3-7,10,15H,8-9,11H2,1-2H3,(H,21,26)(H,24,27)/t15-/m0/s1. The summed E-state index contributed by atoms with van der Waals surface area (Å²) in [5, 5.41) is 11.2. The van der Waals surface area contributed by atoms with Crippen molar-refractivity contribution in [3.63, 3.8) is 0 Å². The zero-order valence-corrected chi connectivity index (χ0v) is 16.5. The molecule has 0 bridgehead atoms. The fourth-order valence-corrected chi connectivity index (χ4v) is 4.27. The molecular weight excluding hydrogens is 374 g/mol. The Balaban J connectivity index is 1.39. The number of benzene rings is 1. The highest BCUT2D eigenvalue weighted by Crippen LogP contribution is 2.21. The first-order valence-corrected chi connectivity index (χ1v) is 9.94. The van der Waals surface area contributed by atoms with Crippen LogP contribution >= 0.6 is 11.3 Å². The summed E-state index contributed by atoms with van der Waals surface area (Å²) >= 11 is 1.39. The number of nitrogens with one attached hydrogen (secondary N) is 2. The predicted molar refractivity (Wildman–Crippen MR) is 106 cm³/mol. The maximum Gasteiger partial charge on any atom is 0.263 e. The summed E-state index contributed by atoms with van der Waals surface area (Å²) in [5.74, 6) is -0.264. The Bertz CT molecular complexity index is 1020. The third kappa shape index (κ3) is 3.68. The molecular formula is C20H21N5O2S. The second-order valence-electron chi connectivity index (χ2n) is 6.88. The Morgan fingerprint density at radius 2 is 2.00 bits per heavy atom. The molecule has 0 radical (unpaired) electrons. The van der Waals surface area contributed by atoms with Crippen molar-refractivity contribution in [1.82, 2.24) is 25.4 Å². The van der Waals surface area contributed by atoms with Gasteiger partial charge in [0.25, 0.3) is 11.8 Å². The van der Waals surface area contributed by atoms with Crippen LogP contribution in [0, 0.1) is 13.8 Å². The minimum Gasteiger partial charge on any atom is -0.348 e. The molecule has 0 unspecified atom stereocenters. The Morgan fingerprint density at radius 1 is 1.21 bits per heavy atom. The third-order valence-corrected chi connectivity index (χ3v) is 5.84. The third-order valence-electron chi connectivity index (χ3n) is 4.77. The monoisotopic (exact) mass is 395 g/mol. The molecule has 0 spiro atoms. The molecule has 0 aliphatic carbocycles. The maximum atomic E-state index is 12.6. The van der Waals surface area contributed by atoms with Crippen LogP contribution in [0.2, 0.25) is 0 Å². The number of fused-ring (bicyclic) bond motifs is 1. The Labute approximate surface area is 166 Å². The van der Waals surface area contributed by atoms with Gasteiger partial charge >= 0.3 is 0 Å². The number of amides is 2. The van der Waals surface area contributed by atoms with Crippen LogP contribution in [-0.2, 0) is 19.5 Å². The second kappa shape index (κ2) is 7.55. The largest absolute Gasteiger partial charge is 0.348 e. The van der Waals surface area contributed by atoms with E-state index in [0.29, 0.717) is 30.0 Å². The van der Waals surface area contributed by atoms with E-state index in [2.05, 4.69) is 20.7 Å². The molecule has 1 atom stereocenters. The molecule has 4 rings (SSSR count). The summed E-state index contributed by atoms with van der Waals surface area (Å²) in [7, 11) is 0. The predicted octanol–water partition coefficient (Wildman–Crippen LogP) is 2.24. The Morgan fingerprint density at radius 3 is 2.71 bits per heavy atom. The lowest BCUT2D eigenvalue weighted by atomic mass is 10.1. The van der Waals surface area contributed by atoms with E-state index in [0.717, 1.165) is 22.0 Å². The van der Waals surface area contributed by atoms with E-state index in [1.165, 1.54) is 11.3 Å². The number of carbonyl (C=O) groups is 2. The summed E-state index contributed by atoms with van der Waals surface area (Å²) in [6.45, 7) is 4.76. The van der Waals surface area contributed by atoms with Crippen LogP contribution in [-0.4, -0.2) is 32.6 Å². The van der Waals surface area contributed by atoms with Crippen molar-refractivity contribution in [3.8, 4) is 0 Å². The van der Waals surface area contributed by atoms with Crippen molar-refractivity contribution < 1.29 is 9.59 Å². The summed E-state index contributed by atoms with van der Waals surface area (Å²) in [5.41, 5.74) is 3.21. The quantitative estimate of drug-likeness (QED) is 0.693. The normalized spacial score (nSPS) is 15.3. The lowest BCUT2D eigenvalue weighted by molar-refractivity contribution is 0.0937. The first-order valence-electron chi connectivity index (χ1n) is 9.13. The zero-order valence-electron chi connectivity index (χ0n) is 15.7. The van der Waals surface area contributed by atoms with Crippen molar-refractivity contribution >= 4 is 23.2 Å². The van der Waals surface area contributed by atoms with Gasteiger partial charge in [-0.1, -0.05) is 30.3 Å². The van der Waals surface area contributed by atoms with Gasteiger partial charge in [0.05, 0.1) is 40.7 Å². The highest BCUT2D eigenvalue weighted by atomic mass is 32.1. The fourth-order valence-electron chi connectivity index (χ4n) is 3.44. The van der Waals surface area contributed by atoms with Gasteiger partial charge in [0.15, 0.2) is 0 Å². The van der Waals surface area contributed by atoms with Crippen LogP contribution in [0.5, 0.6) is 0 Å². The molecule has 28 heavy (non-hydrogen) atoms. The van der Waals surface area contributed by atoms with E-state index < -0.39 is 0 Å². The molecule has 3 heterocycles. The van der Waals surface area contributed by atoms with Crippen molar-refractivity contribution in [2.24, 2.45) is 0 Å². The number of nitrogens with zero attached hydrogens (tertiary/aromatic N) is 3. The lowest BCUT2D eigenvalue weighted by Gasteiger charge is -2.11. The molecule has 2 amide bonds. The van der Waals surface area contributed by atoms with E-state index in [1.54, 1.807) is 10.9 Å². The number of aromatic nitrogens is 3. The topological polar surface area (TPSA) is 88.9 Å². The van der Waals surface area contributed by atoms with Crippen molar-refractivity contribution in [2.45, 2.75) is 39.4 Å². The van der Waals surface area contributed by atoms with Gasteiger partial charge in [0.2, 0.25) is 0 Å². The Kier molecular flexibility index (Phi) is 4.95. The van der Waals surface area contributed by atoms with Gasteiger partial charge in [-0.15, -0.1) is 11.3 Å². The van der Waals surface area contributed by atoms with E-state index in [1.807, 2.05) is 44.2 Å². The van der Waals surface area contributed by atoms with Gasteiger partial charge in [-0.05, 0) is 19.4 Å². The van der Waals surface area contributed by atoms with Gasteiger partial charge in [-0.2, -0.15) is 5.10 Å². The van der Waals surface area contributed by atoms with Gasteiger partial charge in [-0.3, -0.25) is 14.3 Å². The molecule has 1 aliphatic rings. The van der Waals surface area contributed by atoms with Gasteiger partial charge in [0, 0.05) is 13.0 Å². The van der Waals surface area contributed by atoms with Crippen molar-refractivity contribution in [2.75, 3.05) is 0 Å². The molecule has 2 N–H and O–H groups in total. The first kappa shape index (κ1) is 18.4. The molecule has 0 saturated heterocycles. The number of rotatable bonds is 5.